The van der Waals surface area contributed by atoms with Crippen LogP contribution in [0.15, 0.2) is 36.7 Å². The highest BCUT2D eigenvalue weighted by molar-refractivity contribution is 5.75. The first kappa shape index (κ1) is 14.8. The number of anilines is 1. The fraction of sp³-hybridized carbons (Fsp3) is 0.368. The van der Waals surface area contributed by atoms with Crippen LogP contribution < -0.4 is 4.90 Å². The maximum absolute atomic E-state index is 14.3. The van der Waals surface area contributed by atoms with Crippen LogP contribution in [0.2, 0.25) is 0 Å². The zero-order valence-electron chi connectivity index (χ0n) is 13.7. The summed E-state index contributed by atoms with van der Waals surface area (Å²) in [5.74, 6) is 0.244. The van der Waals surface area contributed by atoms with E-state index in [4.69, 9.17) is 0 Å². The molecule has 3 heterocycles. The number of nitrogens with zero attached hydrogens (tertiary/aromatic N) is 4. The number of benzene rings is 1. The van der Waals surface area contributed by atoms with Crippen LogP contribution in [0.25, 0.3) is 16.7 Å². The standard InChI is InChI=1S/C19H18F2N4/c20-15-10-24(11-15)16-4-5-17(21)18(7-16)25-9-14-6-13(12-2-1-3-12)8-22-19(14)23-25/h4-9,12,15H,1-3,10-11H2. The zero-order valence-corrected chi connectivity index (χ0v) is 13.7. The molecule has 4 nitrogen and oxygen atoms in total. The van der Waals surface area contributed by atoms with Crippen LogP contribution in [0, 0.1) is 5.82 Å². The molecule has 1 aliphatic carbocycles. The predicted octanol–water partition coefficient (Wildman–Crippen LogP) is 3.99. The number of fused-ring (bicyclic) bond motifs is 1. The van der Waals surface area contributed by atoms with Gasteiger partial charge in [-0.2, -0.15) is 0 Å². The minimum atomic E-state index is -0.796. The lowest BCUT2D eigenvalue weighted by Crippen LogP contribution is -2.48. The molecule has 3 aromatic rings. The third-order valence-corrected chi connectivity index (χ3v) is 5.34. The second kappa shape index (κ2) is 5.51. The van der Waals surface area contributed by atoms with E-state index in [9.17, 15) is 8.78 Å². The molecule has 1 saturated heterocycles. The van der Waals surface area contributed by atoms with E-state index in [-0.39, 0.29) is 5.82 Å². The van der Waals surface area contributed by atoms with Crippen molar-refractivity contribution < 1.29 is 8.78 Å². The fourth-order valence-electron chi connectivity index (χ4n) is 3.53. The van der Waals surface area contributed by atoms with E-state index in [0.717, 1.165) is 11.1 Å². The normalized spacial score (nSPS) is 18.4. The molecular formula is C19H18F2N4. The molecule has 25 heavy (non-hydrogen) atoms. The largest absolute Gasteiger partial charge is 0.365 e. The van der Waals surface area contributed by atoms with Crippen LogP contribution in [0.1, 0.15) is 30.7 Å². The summed E-state index contributed by atoms with van der Waals surface area (Å²) in [4.78, 5) is 6.33. The Labute approximate surface area is 144 Å². The molecule has 1 saturated carbocycles. The summed E-state index contributed by atoms with van der Waals surface area (Å²) < 4.78 is 29.0. The van der Waals surface area contributed by atoms with Crippen molar-refractivity contribution in [1.82, 2.24) is 14.8 Å². The number of alkyl halides is 1. The van der Waals surface area contributed by atoms with E-state index in [1.807, 2.05) is 17.3 Å². The number of pyridine rings is 1. The van der Waals surface area contributed by atoms with E-state index in [2.05, 4.69) is 16.1 Å². The maximum Gasteiger partial charge on any atom is 0.181 e. The summed E-state index contributed by atoms with van der Waals surface area (Å²) in [6.45, 7) is 0.719. The summed E-state index contributed by atoms with van der Waals surface area (Å²) in [6, 6.07) is 6.93. The molecule has 2 fully saturated rings. The van der Waals surface area contributed by atoms with Crippen molar-refractivity contribution in [3.63, 3.8) is 0 Å². The van der Waals surface area contributed by atoms with Crippen LogP contribution in [-0.2, 0) is 0 Å². The minimum Gasteiger partial charge on any atom is -0.365 e. The molecule has 0 radical (unpaired) electrons. The molecule has 2 aliphatic rings. The first-order valence-electron chi connectivity index (χ1n) is 8.71. The summed E-state index contributed by atoms with van der Waals surface area (Å²) in [6.07, 6.45) is 6.61. The minimum absolute atomic E-state index is 0.354. The Morgan fingerprint density at radius 2 is 1.96 bits per heavy atom. The van der Waals surface area contributed by atoms with Crippen molar-refractivity contribution in [3.8, 4) is 5.69 Å². The van der Waals surface area contributed by atoms with Gasteiger partial charge in [0, 0.05) is 23.5 Å². The Balaban J connectivity index is 1.52. The molecule has 2 aromatic heterocycles. The van der Waals surface area contributed by atoms with E-state index in [0.29, 0.717) is 30.3 Å². The number of hydrogen-bond acceptors (Lipinski definition) is 3. The summed E-state index contributed by atoms with van der Waals surface area (Å²) in [7, 11) is 0. The Hall–Kier alpha value is -2.50. The molecule has 0 amide bonds. The monoisotopic (exact) mass is 340 g/mol. The maximum atomic E-state index is 14.3. The van der Waals surface area contributed by atoms with E-state index < -0.39 is 6.17 Å². The van der Waals surface area contributed by atoms with Gasteiger partial charge in [0.15, 0.2) is 5.65 Å². The Morgan fingerprint density at radius 1 is 1.12 bits per heavy atom. The smallest absolute Gasteiger partial charge is 0.181 e. The fourth-order valence-corrected chi connectivity index (χ4v) is 3.53. The molecule has 1 aromatic carbocycles. The number of halogens is 2. The highest BCUT2D eigenvalue weighted by Gasteiger charge is 2.27. The Bertz CT molecular complexity index is 942. The van der Waals surface area contributed by atoms with Crippen LogP contribution in [0.4, 0.5) is 14.5 Å². The van der Waals surface area contributed by atoms with E-state index in [1.54, 1.807) is 12.1 Å². The zero-order chi connectivity index (χ0) is 17.0. The Morgan fingerprint density at radius 3 is 2.68 bits per heavy atom. The van der Waals surface area contributed by atoms with Gasteiger partial charge in [-0.1, -0.05) is 6.42 Å². The highest BCUT2D eigenvalue weighted by atomic mass is 19.1. The van der Waals surface area contributed by atoms with Gasteiger partial charge in [0.2, 0.25) is 0 Å². The van der Waals surface area contributed by atoms with Crippen molar-refractivity contribution >= 4 is 16.7 Å². The van der Waals surface area contributed by atoms with Crippen LogP contribution in [0.5, 0.6) is 0 Å². The molecule has 0 unspecified atom stereocenters. The lowest BCUT2D eigenvalue weighted by Gasteiger charge is -2.36. The number of hydrogen-bond donors (Lipinski definition) is 0. The van der Waals surface area contributed by atoms with Crippen molar-refractivity contribution in [2.45, 2.75) is 31.4 Å². The van der Waals surface area contributed by atoms with Crippen molar-refractivity contribution in [2.75, 3.05) is 18.0 Å². The topological polar surface area (TPSA) is 34.0 Å². The van der Waals surface area contributed by atoms with Gasteiger partial charge in [-0.3, -0.25) is 0 Å². The molecule has 0 spiro atoms. The first-order chi connectivity index (χ1) is 12.2. The van der Waals surface area contributed by atoms with Gasteiger partial charge in [-0.15, -0.1) is 5.10 Å². The average molecular weight is 340 g/mol. The van der Waals surface area contributed by atoms with Crippen molar-refractivity contribution in [2.24, 2.45) is 0 Å². The van der Waals surface area contributed by atoms with Gasteiger partial charge in [-0.25, -0.2) is 18.4 Å². The molecule has 0 atom stereocenters. The molecule has 6 heteroatoms. The summed E-state index contributed by atoms with van der Waals surface area (Å²) >= 11 is 0. The van der Waals surface area contributed by atoms with Crippen molar-refractivity contribution in [1.29, 1.82) is 0 Å². The molecule has 128 valence electrons. The first-order valence-corrected chi connectivity index (χ1v) is 8.71. The van der Waals surface area contributed by atoms with E-state index in [1.165, 1.54) is 35.6 Å². The predicted molar refractivity (Wildman–Crippen MR) is 92.5 cm³/mol. The van der Waals surface area contributed by atoms with Crippen LogP contribution in [0.3, 0.4) is 0 Å². The molecule has 5 rings (SSSR count). The number of rotatable bonds is 3. The SMILES string of the molecule is Fc1ccc(N2CC(F)C2)cc1-n1cc2cc(C3CCC3)cnc2n1. The molecule has 0 N–H and O–H groups in total. The van der Waals surface area contributed by atoms with Crippen molar-refractivity contribution in [3.05, 3.63) is 48.0 Å². The van der Waals surface area contributed by atoms with Gasteiger partial charge >= 0.3 is 0 Å². The second-order valence-electron chi connectivity index (χ2n) is 7.02. The molecule has 0 bridgehead atoms. The van der Waals surface area contributed by atoms with Gasteiger partial charge < -0.3 is 4.90 Å². The quantitative estimate of drug-likeness (QED) is 0.723. The van der Waals surface area contributed by atoms with Crippen LogP contribution >= 0.6 is 0 Å². The molecular weight excluding hydrogens is 322 g/mol. The van der Waals surface area contributed by atoms with Gasteiger partial charge in [0.05, 0.1) is 13.1 Å². The van der Waals surface area contributed by atoms with Crippen LogP contribution in [-0.4, -0.2) is 34.0 Å². The molecule has 1 aliphatic heterocycles. The second-order valence-corrected chi connectivity index (χ2v) is 7.02. The van der Waals surface area contributed by atoms with E-state index >= 15 is 0 Å². The van der Waals surface area contributed by atoms with Gasteiger partial charge in [-0.05, 0) is 48.6 Å². The average Bonchev–Trinajstić information content (AvgIpc) is 2.94. The summed E-state index contributed by atoms with van der Waals surface area (Å²) in [5, 5.41) is 5.34. The summed E-state index contributed by atoms with van der Waals surface area (Å²) in [5.41, 5.74) is 3.03. The Kier molecular flexibility index (Phi) is 3.26. The van der Waals surface area contributed by atoms with Gasteiger partial charge in [0.25, 0.3) is 0 Å². The third kappa shape index (κ3) is 2.47. The third-order valence-electron chi connectivity index (χ3n) is 5.34. The highest BCUT2D eigenvalue weighted by Crippen LogP contribution is 2.37. The number of aromatic nitrogens is 3. The lowest BCUT2D eigenvalue weighted by molar-refractivity contribution is 0.275. The lowest BCUT2D eigenvalue weighted by atomic mass is 9.80. The van der Waals surface area contributed by atoms with Gasteiger partial charge in [0.1, 0.15) is 17.7 Å².